The van der Waals surface area contributed by atoms with Crippen molar-refractivity contribution < 1.29 is 9.72 Å². The Morgan fingerprint density at radius 3 is 3.00 bits per heavy atom. The maximum Gasteiger partial charge on any atom is 0.269 e. The number of nitro benzene ring substituents is 1. The molecule has 0 saturated carbocycles. The van der Waals surface area contributed by atoms with Crippen molar-refractivity contribution in [1.29, 1.82) is 0 Å². The van der Waals surface area contributed by atoms with Gasteiger partial charge >= 0.3 is 0 Å². The topological polar surface area (TPSA) is 72.2 Å². The number of carbonyl (C=O) groups is 1. The number of nitro groups is 1. The van der Waals surface area contributed by atoms with E-state index in [1.807, 2.05) is 0 Å². The fourth-order valence-corrected chi connectivity index (χ4v) is 1.58. The second-order valence-electron chi connectivity index (χ2n) is 3.15. The summed E-state index contributed by atoms with van der Waals surface area (Å²) in [6.07, 6.45) is 0.808. The summed E-state index contributed by atoms with van der Waals surface area (Å²) in [6.45, 7) is 0.528. The molecule has 0 amide bonds. The van der Waals surface area contributed by atoms with E-state index >= 15 is 0 Å². The van der Waals surface area contributed by atoms with Gasteiger partial charge in [-0.15, -0.1) is 0 Å². The molecule has 0 saturated heterocycles. The standard InChI is InChI=1S/C9H8N2O3/c12-5-6-4-10-9-2-1-7(11(13)14)3-8(6)9/h1-3,5-6,10H,4H2. The summed E-state index contributed by atoms with van der Waals surface area (Å²) >= 11 is 0. The van der Waals surface area contributed by atoms with Crippen LogP contribution in [0.3, 0.4) is 0 Å². The first kappa shape index (κ1) is 8.68. The first-order valence-corrected chi connectivity index (χ1v) is 4.20. The van der Waals surface area contributed by atoms with Crippen LogP contribution in [-0.2, 0) is 4.79 Å². The number of carbonyl (C=O) groups excluding carboxylic acids is 1. The van der Waals surface area contributed by atoms with Crippen LogP contribution >= 0.6 is 0 Å². The molecule has 1 aromatic rings. The molecule has 1 aliphatic heterocycles. The lowest BCUT2D eigenvalue weighted by molar-refractivity contribution is -0.384. The second kappa shape index (κ2) is 3.10. The normalized spacial score (nSPS) is 18.4. The third-order valence-corrected chi connectivity index (χ3v) is 2.32. The molecule has 1 N–H and O–H groups in total. The van der Waals surface area contributed by atoms with Crippen LogP contribution < -0.4 is 5.32 Å². The Labute approximate surface area is 79.9 Å². The molecule has 1 aliphatic rings. The van der Waals surface area contributed by atoms with Gasteiger partial charge in [-0.1, -0.05) is 0 Å². The van der Waals surface area contributed by atoms with E-state index in [9.17, 15) is 14.9 Å². The van der Waals surface area contributed by atoms with Crippen molar-refractivity contribution in [3.05, 3.63) is 33.9 Å². The van der Waals surface area contributed by atoms with Gasteiger partial charge in [0.05, 0.1) is 10.8 Å². The van der Waals surface area contributed by atoms with E-state index in [0.717, 1.165) is 12.0 Å². The summed E-state index contributed by atoms with van der Waals surface area (Å²) in [7, 11) is 0. The Hall–Kier alpha value is -1.91. The maximum absolute atomic E-state index is 10.6. The highest BCUT2D eigenvalue weighted by Crippen LogP contribution is 2.32. The zero-order chi connectivity index (χ0) is 10.1. The number of aldehydes is 1. The summed E-state index contributed by atoms with van der Waals surface area (Å²) in [4.78, 5) is 20.7. The zero-order valence-electron chi connectivity index (χ0n) is 7.27. The Morgan fingerprint density at radius 2 is 2.36 bits per heavy atom. The van der Waals surface area contributed by atoms with Crippen LogP contribution in [0.4, 0.5) is 11.4 Å². The molecule has 0 fully saturated rings. The molecule has 0 bridgehead atoms. The number of anilines is 1. The van der Waals surface area contributed by atoms with E-state index < -0.39 is 4.92 Å². The van der Waals surface area contributed by atoms with Gasteiger partial charge in [-0.3, -0.25) is 10.1 Å². The molecule has 1 atom stereocenters. The van der Waals surface area contributed by atoms with Crippen molar-refractivity contribution >= 4 is 17.7 Å². The smallest absolute Gasteiger partial charge is 0.269 e. The SMILES string of the molecule is O=CC1CNc2ccc([N+](=O)[O-])cc21. The molecule has 0 aliphatic carbocycles. The lowest BCUT2D eigenvalue weighted by atomic mass is 10.0. The lowest BCUT2D eigenvalue weighted by Crippen LogP contribution is -2.02. The van der Waals surface area contributed by atoms with E-state index in [2.05, 4.69) is 5.32 Å². The van der Waals surface area contributed by atoms with Gasteiger partial charge in [0.2, 0.25) is 0 Å². The number of hydrogen-bond acceptors (Lipinski definition) is 4. The Morgan fingerprint density at radius 1 is 1.57 bits per heavy atom. The van der Waals surface area contributed by atoms with Crippen molar-refractivity contribution in [2.24, 2.45) is 0 Å². The number of hydrogen-bond donors (Lipinski definition) is 1. The third kappa shape index (κ3) is 1.22. The van der Waals surface area contributed by atoms with Crippen molar-refractivity contribution in [3.8, 4) is 0 Å². The van der Waals surface area contributed by atoms with Crippen LogP contribution in [0, 0.1) is 10.1 Å². The monoisotopic (exact) mass is 192 g/mol. The molecular formula is C9H8N2O3. The fraction of sp³-hybridized carbons (Fsp3) is 0.222. The summed E-state index contributed by atoms with van der Waals surface area (Å²) in [5.41, 5.74) is 1.56. The predicted molar refractivity (Wildman–Crippen MR) is 50.4 cm³/mol. The zero-order valence-corrected chi connectivity index (χ0v) is 7.27. The van der Waals surface area contributed by atoms with Gasteiger partial charge in [0.25, 0.3) is 5.69 Å². The van der Waals surface area contributed by atoms with E-state index in [4.69, 9.17) is 0 Å². The maximum atomic E-state index is 10.6. The molecule has 0 spiro atoms. The number of non-ortho nitro benzene ring substituents is 1. The Kier molecular flexibility index (Phi) is 1.92. The van der Waals surface area contributed by atoms with Crippen LogP contribution in [-0.4, -0.2) is 17.8 Å². The largest absolute Gasteiger partial charge is 0.384 e. The highest BCUT2D eigenvalue weighted by molar-refractivity contribution is 5.74. The van der Waals surface area contributed by atoms with Crippen molar-refractivity contribution in [3.63, 3.8) is 0 Å². The predicted octanol–water partition coefficient (Wildman–Crippen LogP) is 1.30. The Bertz CT molecular complexity index is 403. The molecule has 5 nitrogen and oxygen atoms in total. The molecule has 1 unspecified atom stereocenters. The lowest BCUT2D eigenvalue weighted by Gasteiger charge is -2.00. The summed E-state index contributed by atoms with van der Waals surface area (Å²) < 4.78 is 0. The molecule has 1 heterocycles. The first-order chi connectivity index (χ1) is 6.72. The highest BCUT2D eigenvalue weighted by atomic mass is 16.6. The van der Waals surface area contributed by atoms with Gasteiger partial charge in [0.1, 0.15) is 6.29 Å². The summed E-state index contributed by atoms with van der Waals surface area (Å²) in [6, 6.07) is 4.52. The molecule has 72 valence electrons. The number of rotatable bonds is 2. The summed E-state index contributed by atoms with van der Waals surface area (Å²) in [5.74, 6) is -0.259. The van der Waals surface area contributed by atoms with Gasteiger partial charge < -0.3 is 10.1 Å². The summed E-state index contributed by atoms with van der Waals surface area (Å²) in [5, 5.41) is 13.5. The van der Waals surface area contributed by atoms with Crippen LogP contribution in [0.2, 0.25) is 0 Å². The minimum atomic E-state index is -0.458. The quantitative estimate of drug-likeness (QED) is 0.435. The van der Waals surface area contributed by atoms with E-state index in [1.165, 1.54) is 12.1 Å². The van der Waals surface area contributed by atoms with Crippen LogP contribution in [0.25, 0.3) is 0 Å². The van der Waals surface area contributed by atoms with Gasteiger partial charge in [-0.2, -0.15) is 0 Å². The number of fused-ring (bicyclic) bond motifs is 1. The van der Waals surface area contributed by atoms with E-state index in [-0.39, 0.29) is 11.6 Å². The molecule has 5 heteroatoms. The average Bonchev–Trinajstić information content (AvgIpc) is 2.59. The second-order valence-corrected chi connectivity index (χ2v) is 3.15. The molecule has 2 rings (SSSR count). The van der Waals surface area contributed by atoms with Crippen LogP contribution in [0.15, 0.2) is 18.2 Å². The van der Waals surface area contributed by atoms with Gasteiger partial charge in [0.15, 0.2) is 0 Å². The fourth-order valence-electron chi connectivity index (χ4n) is 1.58. The van der Waals surface area contributed by atoms with Crippen LogP contribution in [0.5, 0.6) is 0 Å². The van der Waals surface area contributed by atoms with Crippen LogP contribution in [0.1, 0.15) is 11.5 Å². The number of nitrogens with zero attached hydrogens (tertiary/aromatic N) is 1. The molecule has 14 heavy (non-hydrogen) atoms. The molecular weight excluding hydrogens is 184 g/mol. The minimum Gasteiger partial charge on any atom is -0.384 e. The van der Waals surface area contributed by atoms with Gasteiger partial charge in [0, 0.05) is 24.4 Å². The molecule has 1 aromatic carbocycles. The molecule has 0 radical (unpaired) electrons. The third-order valence-electron chi connectivity index (χ3n) is 2.32. The van der Waals surface area contributed by atoms with Gasteiger partial charge in [-0.25, -0.2) is 0 Å². The van der Waals surface area contributed by atoms with Crippen molar-refractivity contribution in [2.45, 2.75) is 5.92 Å². The van der Waals surface area contributed by atoms with Crippen molar-refractivity contribution in [1.82, 2.24) is 0 Å². The Balaban J connectivity index is 2.47. The minimum absolute atomic E-state index is 0.0271. The number of benzene rings is 1. The highest BCUT2D eigenvalue weighted by Gasteiger charge is 2.23. The van der Waals surface area contributed by atoms with E-state index in [0.29, 0.717) is 12.1 Å². The molecule has 0 aromatic heterocycles. The first-order valence-electron chi connectivity index (χ1n) is 4.20. The number of nitrogens with one attached hydrogen (secondary N) is 1. The van der Waals surface area contributed by atoms with Crippen molar-refractivity contribution in [2.75, 3.05) is 11.9 Å². The van der Waals surface area contributed by atoms with E-state index in [1.54, 1.807) is 6.07 Å². The average molecular weight is 192 g/mol. The van der Waals surface area contributed by atoms with Gasteiger partial charge in [-0.05, 0) is 11.6 Å².